The maximum absolute atomic E-state index is 9.54. The van der Waals surface area contributed by atoms with Crippen LogP contribution in [0.1, 0.15) is 24.0 Å². The molecule has 3 rings (SSSR count). The lowest BCUT2D eigenvalue weighted by atomic mass is 10.1. The Labute approximate surface area is 137 Å². The summed E-state index contributed by atoms with van der Waals surface area (Å²) < 4.78 is 0. The standard InChI is InChI=1S/C19H23NO3/c21-18-10-12-20(13-11-18)14-16-6-8-19(9-7-16)23-22-15-17-4-2-1-3-5-17/h1-9,18,21H,10-15H2. The molecule has 0 amide bonds. The fourth-order valence-electron chi connectivity index (χ4n) is 2.73. The number of aliphatic hydroxyl groups excluding tert-OH is 1. The zero-order valence-electron chi connectivity index (χ0n) is 13.2. The van der Waals surface area contributed by atoms with Gasteiger partial charge in [-0.05, 0) is 36.1 Å². The van der Waals surface area contributed by atoms with E-state index in [0.717, 1.165) is 38.0 Å². The molecule has 1 fully saturated rings. The van der Waals surface area contributed by atoms with E-state index in [-0.39, 0.29) is 6.10 Å². The van der Waals surface area contributed by atoms with E-state index in [1.54, 1.807) is 0 Å². The van der Waals surface area contributed by atoms with Gasteiger partial charge in [0.25, 0.3) is 0 Å². The highest BCUT2D eigenvalue weighted by atomic mass is 17.2. The van der Waals surface area contributed by atoms with Crippen molar-refractivity contribution in [3.05, 3.63) is 65.7 Å². The summed E-state index contributed by atoms with van der Waals surface area (Å²) in [6.45, 7) is 3.26. The van der Waals surface area contributed by atoms with Gasteiger partial charge in [-0.1, -0.05) is 42.5 Å². The minimum Gasteiger partial charge on any atom is -0.393 e. The zero-order valence-corrected chi connectivity index (χ0v) is 13.2. The molecular formula is C19H23NO3. The summed E-state index contributed by atoms with van der Waals surface area (Å²) in [5.41, 5.74) is 2.33. The fourth-order valence-corrected chi connectivity index (χ4v) is 2.73. The number of nitrogens with zero attached hydrogens (tertiary/aromatic N) is 1. The summed E-state index contributed by atoms with van der Waals surface area (Å²) >= 11 is 0. The van der Waals surface area contributed by atoms with Crippen molar-refractivity contribution in [1.29, 1.82) is 0 Å². The molecular weight excluding hydrogens is 290 g/mol. The summed E-state index contributed by atoms with van der Waals surface area (Å²) in [5.74, 6) is 0.707. The van der Waals surface area contributed by atoms with Crippen LogP contribution in [0.15, 0.2) is 54.6 Å². The van der Waals surface area contributed by atoms with Gasteiger partial charge in [0.2, 0.25) is 0 Å². The van der Waals surface area contributed by atoms with Crippen LogP contribution in [0.4, 0.5) is 0 Å². The normalized spacial score (nSPS) is 16.4. The maximum atomic E-state index is 9.54. The van der Waals surface area contributed by atoms with Crippen molar-refractivity contribution in [3.8, 4) is 5.75 Å². The fraction of sp³-hybridized carbons (Fsp3) is 0.368. The second-order valence-electron chi connectivity index (χ2n) is 5.98. The SMILES string of the molecule is OC1CCN(Cc2ccc(OOCc3ccccc3)cc2)CC1. The maximum Gasteiger partial charge on any atom is 0.165 e. The van der Waals surface area contributed by atoms with Gasteiger partial charge in [-0.15, -0.1) is 0 Å². The van der Waals surface area contributed by atoms with Crippen LogP contribution in [-0.4, -0.2) is 29.2 Å². The second kappa shape index (κ2) is 8.11. The summed E-state index contributed by atoms with van der Waals surface area (Å²) in [6, 6.07) is 17.9. The van der Waals surface area contributed by atoms with Gasteiger partial charge in [0.05, 0.1) is 6.10 Å². The predicted octanol–water partition coefficient (Wildman–Crippen LogP) is 3.15. The molecule has 0 radical (unpaired) electrons. The van der Waals surface area contributed by atoms with Crippen molar-refractivity contribution in [3.63, 3.8) is 0 Å². The highest BCUT2D eigenvalue weighted by Gasteiger charge is 2.16. The average Bonchev–Trinajstić information content (AvgIpc) is 2.59. The molecule has 0 bridgehead atoms. The van der Waals surface area contributed by atoms with E-state index in [4.69, 9.17) is 9.78 Å². The van der Waals surface area contributed by atoms with Crippen LogP contribution in [-0.2, 0) is 18.0 Å². The zero-order chi connectivity index (χ0) is 15.9. The minimum absolute atomic E-state index is 0.121. The van der Waals surface area contributed by atoms with Gasteiger partial charge >= 0.3 is 0 Å². The van der Waals surface area contributed by atoms with Crippen molar-refractivity contribution in [2.75, 3.05) is 13.1 Å². The molecule has 1 heterocycles. The monoisotopic (exact) mass is 313 g/mol. The van der Waals surface area contributed by atoms with Crippen LogP contribution in [0.3, 0.4) is 0 Å². The molecule has 0 unspecified atom stereocenters. The van der Waals surface area contributed by atoms with Gasteiger partial charge in [-0.25, -0.2) is 0 Å². The Morgan fingerprint density at radius 1 is 0.913 bits per heavy atom. The van der Waals surface area contributed by atoms with E-state index in [0.29, 0.717) is 12.4 Å². The van der Waals surface area contributed by atoms with Crippen LogP contribution in [0, 0.1) is 0 Å². The van der Waals surface area contributed by atoms with Crippen LogP contribution in [0.2, 0.25) is 0 Å². The molecule has 1 saturated heterocycles. The summed E-state index contributed by atoms with van der Waals surface area (Å²) in [4.78, 5) is 13.0. The Bertz CT molecular complexity index is 577. The molecule has 0 aromatic heterocycles. The molecule has 1 N–H and O–H groups in total. The molecule has 0 spiro atoms. The molecule has 1 aliphatic heterocycles. The Kier molecular flexibility index (Phi) is 5.64. The third-order valence-electron chi connectivity index (χ3n) is 4.11. The Morgan fingerprint density at radius 2 is 1.61 bits per heavy atom. The van der Waals surface area contributed by atoms with Gasteiger partial charge in [0.15, 0.2) is 5.75 Å². The van der Waals surface area contributed by atoms with E-state index in [1.807, 2.05) is 42.5 Å². The minimum atomic E-state index is -0.121. The molecule has 122 valence electrons. The first-order valence-corrected chi connectivity index (χ1v) is 8.12. The molecule has 0 atom stereocenters. The number of likely N-dealkylation sites (tertiary alicyclic amines) is 1. The first-order chi connectivity index (χ1) is 11.3. The van der Waals surface area contributed by atoms with Gasteiger partial charge in [0.1, 0.15) is 6.61 Å². The number of aliphatic hydroxyl groups is 1. The van der Waals surface area contributed by atoms with E-state index < -0.39 is 0 Å². The highest BCUT2D eigenvalue weighted by molar-refractivity contribution is 5.26. The molecule has 1 aliphatic rings. The van der Waals surface area contributed by atoms with E-state index >= 15 is 0 Å². The molecule has 2 aromatic carbocycles. The molecule has 4 nitrogen and oxygen atoms in total. The van der Waals surface area contributed by atoms with Crippen molar-refractivity contribution >= 4 is 0 Å². The van der Waals surface area contributed by atoms with Crippen LogP contribution in [0.25, 0.3) is 0 Å². The summed E-state index contributed by atoms with van der Waals surface area (Å²) in [7, 11) is 0. The highest BCUT2D eigenvalue weighted by Crippen LogP contribution is 2.17. The first kappa shape index (κ1) is 16.0. The van der Waals surface area contributed by atoms with Crippen molar-refractivity contribution in [1.82, 2.24) is 4.90 Å². The molecule has 23 heavy (non-hydrogen) atoms. The number of rotatable bonds is 6. The number of piperidine rings is 1. The van der Waals surface area contributed by atoms with Crippen LogP contribution >= 0.6 is 0 Å². The van der Waals surface area contributed by atoms with Gasteiger partial charge in [0, 0.05) is 19.6 Å². The van der Waals surface area contributed by atoms with E-state index in [9.17, 15) is 5.11 Å². The molecule has 4 heteroatoms. The largest absolute Gasteiger partial charge is 0.393 e. The Morgan fingerprint density at radius 3 is 2.30 bits per heavy atom. The average molecular weight is 313 g/mol. The van der Waals surface area contributed by atoms with Crippen molar-refractivity contribution < 1.29 is 14.9 Å². The number of benzene rings is 2. The smallest absolute Gasteiger partial charge is 0.165 e. The quantitative estimate of drug-likeness (QED) is 0.657. The topological polar surface area (TPSA) is 41.9 Å². The van der Waals surface area contributed by atoms with E-state index in [1.165, 1.54) is 5.56 Å². The number of hydrogen-bond acceptors (Lipinski definition) is 4. The van der Waals surface area contributed by atoms with Crippen LogP contribution < -0.4 is 4.89 Å². The Balaban J connectivity index is 1.43. The lowest BCUT2D eigenvalue weighted by Crippen LogP contribution is -2.35. The third-order valence-corrected chi connectivity index (χ3v) is 4.11. The summed E-state index contributed by atoms with van der Waals surface area (Å²) in [5, 5.41) is 9.54. The molecule has 2 aromatic rings. The summed E-state index contributed by atoms with van der Waals surface area (Å²) in [6.07, 6.45) is 1.62. The lowest BCUT2D eigenvalue weighted by Gasteiger charge is -2.29. The van der Waals surface area contributed by atoms with Gasteiger partial charge < -0.3 is 9.99 Å². The van der Waals surface area contributed by atoms with E-state index in [2.05, 4.69) is 17.0 Å². The first-order valence-electron chi connectivity index (χ1n) is 8.12. The molecule has 0 saturated carbocycles. The lowest BCUT2D eigenvalue weighted by molar-refractivity contribution is -0.217. The predicted molar refractivity (Wildman–Crippen MR) is 88.8 cm³/mol. The van der Waals surface area contributed by atoms with Gasteiger partial charge in [-0.2, -0.15) is 4.89 Å². The number of hydrogen-bond donors (Lipinski definition) is 1. The van der Waals surface area contributed by atoms with Gasteiger partial charge in [-0.3, -0.25) is 4.90 Å². The molecule has 0 aliphatic carbocycles. The second-order valence-corrected chi connectivity index (χ2v) is 5.98. The Hall–Kier alpha value is -1.88. The van der Waals surface area contributed by atoms with Crippen LogP contribution in [0.5, 0.6) is 5.75 Å². The van der Waals surface area contributed by atoms with Crippen molar-refractivity contribution in [2.24, 2.45) is 0 Å². The van der Waals surface area contributed by atoms with Crippen molar-refractivity contribution in [2.45, 2.75) is 32.1 Å². The third kappa shape index (κ3) is 5.06.